The van der Waals surface area contributed by atoms with Crippen molar-refractivity contribution in [3.05, 3.63) is 89.5 Å². The average molecular weight is 560 g/mol. The minimum Gasteiger partial charge on any atom is -0.492 e. The maximum atomic E-state index is 6.54. The standard InChI is InChI=1S/C34H45N3O4/c1-38-20-5-18-37-19-21-39-33-15-9-27(22-32(33)37)24-41-34-23-36-17-16-31(34)28-10-13-30(14-11-28)40-25-29(35)12-8-26-6-3-2-4-7-26/h2-4,6-7,9-11,13-15,22,29,31,34,36H,5,8,12,16-21,23-25,35H2,1H3/t29-,31+,34-/m0/s1. The lowest BCUT2D eigenvalue weighted by molar-refractivity contribution is 0.0106. The molecule has 3 aromatic rings. The summed E-state index contributed by atoms with van der Waals surface area (Å²) in [6.45, 7) is 6.27. The number of benzene rings is 3. The van der Waals surface area contributed by atoms with E-state index in [0.29, 0.717) is 19.1 Å². The van der Waals surface area contributed by atoms with E-state index in [9.17, 15) is 0 Å². The topological polar surface area (TPSA) is 78.2 Å². The maximum Gasteiger partial charge on any atom is 0.142 e. The van der Waals surface area contributed by atoms with Crippen LogP contribution in [0.1, 0.15) is 41.9 Å². The van der Waals surface area contributed by atoms with Crippen LogP contribution in [0.15, 0.2) is 72.8 Å². The first-order valence-electron chi connectivity index (χ1n) is 15.0. The number of nitrogens with two attached hydrogens (primary N) is 1. The minimum absolute atomic E-state index is 0.00433. The minimum atomic E-state index is 0.00433. The first kappa shape index (κ1) is 29.4. The highest BCUT2D eigenvalue weighted by Gasteiger charge is 2.27. The van der Waals surface area contributed by atoms with E-state index in [1.165, 1.54) is 16.7 Å². The Morgan fingerprint density at radius 2 is 1.90 bits per heavy atom. The van der Waals surface area contributed by atoms with Crippen molar-refractivity contribution in [2.75, 3.05) is 58.0 Å². The lowest BCUT2D eigenvalue weighted by Gasteiger charge is -2.33. The third-order valence-electron chi connectivity index (χ3n) is 8.07. The van der Waals surface area contributed by atoms with Gasteiger partial charge in [-0.3, -0.25) is 0 Å². The number of rotatable bonds is 14. The van der Waals surface area contributed by atoms with Gasteiger partial charge < -0.3 is 34.9 Å². The Morgan fingerprint density at radius 1 is 1.05 bits per heavy atom. The maximum absolute atomic E-state index is 6.54. The number of nitrogens with zero attached hydrogens (tertiary/aromatic N) is 1. The molecule has 3 atom stereocenters. The third kappa shape index (κ3) is 8.46. The lowest BCUT2D eigenvalue weighted by atomic mass is 9.87. The molecular weight excluding hydrogens is 514 g/mol. The smallest absolute Gasteiger partial charge is 0.142 e. The van der Waals surface area contributed by atoms with Crippen LogP contribution >= 0.6 is 0 Å². The number of ether oxygens (including phenoxy) is 4. The fourth-order valence-corrected chi connectivity index (χ4v) is 5.72. The molecule has 0 saturated carbocycles. The predicted octanol–water partition coefficient (Wildman–Crippen LogP) is 4.92. The molecule has 220 valence electrons. The molecule has 1 saturated heterocycles. The second-order valence-corrected chi connectivity index (χ2v) is 11.1. The van der Waals surface area contributed by atoms with Crippen LogP contribution in [-0.2, 0) is 22.5 Å². The molecule has 3 aromatic carbocycles. The molecule has 0 bridgehead atoms. The number of anilines is 1. The van der Waals surface area contributed by atoms with Crippen LogP contribution < -0.4 is 25.4 Å². The quantitative estimate of drug-likeness (QED) is 0.272. The average Bonchev–Trinajstić information content (AvgIpc) is 3.03. The molecule has 0 aliphatic carbocycles. The van der Waals surface area contributed by atoms with Gasteiger partial charge in [-0.15, -0.1) is 0 Å². The molecule has 0 aromatic heterocycles. The number of nitrogens with one attached hydrogen (secondary N) is 1. The van der Waals surface area contributed by atoms with Crippen molar-refractivity contribution in [3.8, 4) is 11.5 Å². The summed E-state index contributed by atoms with van der Waals surface area (Å²) in [4.78, 5) is 2.39. The summed E-state index contributed by atoms with van der Waals surface area (Å²) in [5, 5.41) is 3.52. The van der Waals surface area contributed by atoms with Crippen molar-refractivity contribution in [2.24, 2.45) is 5.73 Å². The molecule has 2 aliphatic rings. The summed E-state index contributed by atoms with van der Waals surface area (Å²) < 4.78 is 23.7. The Balaban J connectivity index is 1.13. The number of hydrogen-bond acceptors (Lipinski definition) is 7. The first-order valence-corrected chi connectivity index (χ1v) is 15.0. The number of hydrogen-bond donors (Lipinski definition) is 2. The molecular formula is C34H45N3O4. The Kier molecular flexibility index (Phi) is 10.9. The van der Waals surface area contributed by atoms with Crippen molar-refractivity contribution in [3.63, 3.8) is 0 Å². The van der Waals surface area contributed by atoms with Crippen LogP contribution in [0.4, 0.5) is 5.69 Å². The van der Waals surface area contributed by atoms with Gasteiger partial charge in [-0.1, -0.05) is 48.5 Å². The fourth-order valence-electron chi connectivity index (χ4n) is 5.72. The first-order chi connectivity index (χ1) is 20.2. The summed E-state index contributed by atoms with van der Waals surface area (Å²) in [7, 11) is 1.75. The zero-order chi connectivity index (χ0) is 28.3. The van der Waals surface area contributed by atoms with E-state index < -0.39 is 0 Å². The molecule has 41 heavy (non-hydrogen) atoms. The van der Waals surface area contributed by atoms with Gasteiger partial charge >= 0.3 is 0 Å². The normalized spacial score (nSPS) is 19.3. The number of fused-ring (bicyclic) bond motifs is 1. The highest BCUT2D eigenvalue weighted by atomic mass is 16.5. The Labute approximate surface area is 244 Å². The van der Waals surface area contributed by atoms with Gasteiger partial charge in [-0.2, -0.15) is 0 Å². The zero-order valence-electron chi connectivity index (χ0n) is 24.3. The Bertz CT molecular complexity index is 1190. The van der Waals surface area contributed by atoms with Gasteiger partial charge in [0.2, 0.25) is 0 Å². The third-order valence-corrected chi connectivity index (χ3v) is 8.07. The largest absolute Gasteiger partial charge is 0.492 e. The van der Waals surface area contributed by atoms with Gasteiger partial charge in [0, 0.05) is 38.8 Å². The van der Waals surface area contributed by atoms with Gasteiger partial charge in [0.25, 0.3) is 0 Å². The Hall–Kier alpha value is -3.10. The number of methoxy groups -OCH3 is 1. The summed E-state index contributed by atoms with van der Waals surface area (Å²) in [5.41, 5.74) is 11.3. The predicted molar refractivity (Wildman–Crippen MR) is 164 cm³/mol. The molecule has 5 rings (SSSR count). The van der Waals surface area contributed by atoms with Gasteiger partial charge in [-0.05, 0) is 73.2 Å². The van der Waals surface area contributed by atoms with E-state index in [-0.39, 0.29) is 12.1 Å². The molecule has 3 N–H and O–H groups in total. The molecule has 0 amide bonds. The fraction of sp³-hybridized carbons (Fsp3) is 0.471. The van der Waals surface area contributed by atoms with Gasteiger partial charge in [-0.25, -0.2) is 0 Å². The molecule has 0 radical (unpaired) electrons. The molecule has 0 spiro atoms. The van der Waals surface area contributed by atoms with E-state index >= 15 is 0 Å². The Morgan fingerprint density at radius 3 is 2.73 bits per heavy atom. The van der Waals surface area contributed by atoms with Crippen molar-refractivity contribution < 1.29 is 18.9 Å². The monoisotopic (exact) mass is 559 g/mol. The summed E-state index contributed by atoms with van der Waals surface area (Å²) in [5.74, 6) is 2.15. The molecule has 2 heterocycles. The second kappa shape index (κ2) is 15.2. The van der Waals surface area contributed by atoms with E-state index in [1.807, 2.05) is 6.07 Å². The molecule has 7 nitrogen and oxygen atoms in total. The van der Waals surface area contributed by atoms with E-state index in [4.69, 9.17) is 24.7 Å². The molecule has 2 aliphatic heterocycles. The second-order valence-electron chi connectivity index (χ2n) is 11.1. The van der Waals surface area contributed by atoms with Crippen LogP contribution in [-0.4, -0.2) is 65.3 Å². The van der Waals surface area contributed by atoms with Crippen molar-refractivity contribution >= 4 is 5.69 Å². The summed E-state index contributed by atoms with van der Waals surface area (Å²) in [6.07, 6.45) is 4.01. The van der Waals surface area contributed by atoms with Crippen molar-refractivity contribution in [2.45, 2.75) is 50.4 Å². The van der Waals surface area contributed by atoms with Crippen LogP contribution in [0, 0.1) is 0 Å². The van der Waals surface area contributed by atoms with Gasteiger partial charge in [0.05, 0.1) is 24.9 Å². The molecule has 0 unspecified atom stereocenters. The lowest BCUT2D eigenvalue weighted by Crippen LogP contribution is -2.41. The van der Waals surface area contributed by atoms with Crippen LogP contribution in [0.2, 0.25) is 0 Å². The van der Waals surface area contributed by atoms with E-state index in [2.05, 4.69) is 76.9 Å². The van der Waals surface area contributed by atoms with Gasteiger partial charge in [0.1, 0.15) is 24.7 Å². The van der Waals surface area contributed by atoms with Crippen molar-refractivity contribution in [1.29, 1.82) is 0 Å². The highest BCUT2D eigenvalue weighted by molar-refractivity contribution is 5.61. The highest BCUT2D eigenvalue weighted by Crippen LogP contribution is 2.34. The van der Waals surface area contributed by atoms with Crippen LogP contribution in [0.5, 0.6) is 11.5 Å². The summed E-state index contributed by atoms with van der Waals surface area (Å²) >= 11 is 0. The number of piperidine rings is 1. The van der Waals surface area contributed by atoms with Crippen LogP contribution in [0.25, 0.3) is 0 Å². The van der Waals surface area contributed by atoms with E-state index in [1.54, 1.807) is 7.11 Å². The van der Waals surface area contributed by atoms with Crippen molar-refractivity contribution in [1.82, 2.24) is 5.32 Å². The zero-order valence-corrected chi connectivity index (χ0v) is 24.3. The SMILES string of the molecule is COCCCN1CCOc2ccc(CO[C@H]3CNCC[C@@H]3c3ccc(OC[C@@H](N)CCc4ccccc4)cc3)cc21. The molecule has 1 fully saturated rings. The number of aryl methyl sites for hydroxylation is 1. The molecule has 7 heteroatoms. The van der Waals surface area contributed by atoms with Crippen LogP contribution in [0.3, 0.4) is 0 Å². The summed E-state index contributed by atoms with van der Waals surface area (Å²) in [6, 6.07) is 25.4. The van der Waals surface area contributed by atoms with E-state index in [0.717, 1.165) is 82.3 Å². The van der Waals surface area contributed by atoms with Gasteiger partial charge in [0.15, 0.2) is 0 Å².